The maximum Gasteiger partial charge on any atom is 0.276 e. The molecule has 0 saturated heterocycles. The number of nitrogens with zero attached hydrogens (tertiary/aromatic N) is 1. The van der Waals surface area contributed by atoms with E-state index in [2.05, 4.69) is 5.32 Å². The van der Waals surface area contributed by atoms with Crippen LogP contribution >= 0.6 is 0 Å². The van der Waals surface area contributed by atoms with Crippen molar-refractivity contribution in [3.63, 3.8) is 0 Å². The Bertz CT molecular complexity index is 707. The standard InChI is InChI=1S/C15H20N2O3S/c1-12-6-4-5-7-13(12)11-17(3)21(18,19)15-9-8-14(20-15)10-16-2/h4-9,16H,10-11H2,1-3H3. The van der Waals surface area contributed by atoms with Crippen molar-refractivity contribution in [3.05, 3.63) is 53.3 Å². The number of rotatable bonds is 6. The molecule has 0 amide bonds. The van der Waals surface area contributed by atoms with Gasteiger partial charge in [-0.25, -0.2) is 8.42 Å². The summed E-state index contributed by atoms with van der Waals surface area (Å²) in [7, 11) is -0.276. The number of nitrogens with one attached hydrogen (secondary N) is 1. The summed E-state index contributed by atoms with van der Waals surface area (Å²) < 4.78 is 31.6. The Balaban J connectivity index is 2.20. The second-order valence-corrected chi connectivity index (χ2v) is 6.91. The van der Waals surface area contributed by atoms with Crippen molar-refractivity contribution >= 4 is 10.0 Å². The quantitative estimate of drug-likeness (QED) is 0.888. The second-order valence-electron chi connectivity index (χ2n) is 4.94. The van der Waals surface area contributed by atoms with E-state index in [4.69, 9.17) is 4.42 Å². The zero-order chi connectivity index (χ0) is 15.5. The zero-order valence-electron chi connectivity index (χ0n) is 12.5. The fourth-order valence-electron chi connectivity index (χ4n) is 2.03. The normalized spacial score (nSPS) is 12.0. The van der Waals surface area contributed by atoms with Crippen LogP contribution in [0.1, 0.15) is 16.9 Å². The molecule has 0 bridgehead atoms. The van der Waals surface area contributed by atoms with Gasteiger partial charge in [0.05, 0.1) is 6.54 Å². The molecule has 2 rings (SSSR count). The molecule has 5 nitrogen and oxygen atoms in total. The lowest BCUT2D eigenvalue weighted by Gasteiger charge is -2.16. The van der Waals surface area contributed by atoms with Crippen molar-refractivity contribution < 1.29 is 12.8 Å². The van der Waals surface area contributed by atoms with Gasteiger partial charge in [-0.2, -0.15) is 4.31 Å². The molecule has 0 atom stereocenters. The summed E-state index contributed by atoms with van der Waals surface area (Å²) in [6.45, 7) is 2.78. The van der Waals surface area contributed by atoms with Crippen LogP contribution in [0.15, 0.2) is 45.9 Å². The number of aryl methyl sites for hydroxylation is 1. The van der Waals surface area contributed by atoms with Gasteiger partial charge in [0.2, 0.25) is 5.09 Å². The zero-order valence-corrected chi connectivity index (χ0v) is 13.3. The molecule has 21 heavy (non-hydrogen) atoms. The molecule has 6 heteroatoms. The van der Waals surface area contributed by atoms with Crippen molar-refractivity contribution in [2.45, 2.75) is 25.1 Å². The minimum Gasteiger partial charge on any atom is -0.447 e. The summed E-state index contributed by atoms with van der Waals surface area (Å²) >= 11 is 0. The number of hydrogen-bond donors (Lipinski definition) is 1. The van der Waals surface area contributed by atoms with E-state index in [1.807, 2.05) is 31.2 Å². The van der Waals surface area contributed by atoms with Crippen molar-refractivity contribution in [1.29, 1.82) is 0 Å². The van der Waals surface area contributed by atoms with Crippen LogP contribution in [0.4, 0.5) is 0 Å². The van der Waals surface area contributed by atoms with E-state index in [0.29, 0.717) is 18.8 Å². The molecule has 0 aliphatic rings. The van der Waals surface area contributed by atoms with Gasteiger partial charge in [0.15, 0.2) is 0 Å². The Morgan fingerprint density at radius 2 is 1.90 bits per heavy atom. The first-order valence-electron chi connectivity index (χ1n) is 6.69. The van der Waals surface area contributed by atoms with E-state index in [1.54, 1.807) is 20.2 Å². The lowest BCUT2D eigenvalue weighted by atomic mass is 10.1. The number of furan rings is 1. The first-order chi connectivity index (χ1) is 9.95. The van der Waals surface area contributed by atoms with Gasteiger partial charge in [0, 0.05) is 13.6 Å². The maximum atomic E-state index is 12.5. The van der Waals surface area contributed by atoms with Crippen molar-refractivity contribution in [3.8, 4) is 0 Å². The third-order valence-electron chi connectivity index (χ3n) is 3.31. The molecule has 1 aromatic heterocycles. The van der Waals surface area contributed by atoms with Gasteiger partial charge in [-0.1, -0.05) is 24.3 Å². The smallest absolute Gasteiger partial charge is 0.276 e. The molecule has 0 aliphatic carbocycles. The van der Waals surface area contributed by atoms with Gasteiger partial charge in [-0.15, -0.1) is 0 Å². The van der Waals surface area contributed by atoms with Crippen LogP contribution in [-0.4, -0.2) is 26.8 Å². The van der Waals surface area contributed by atoms with Crippen LogP contribution in [-0.2, 0) is 23.1 Å². The summed E-state index contributed by atoms with van der Waals surface area (Å²) in [5, 5.41) is 2.90. The summed E-state index contributed by atoms with van der Waals surface area (Å²) in [5.41, 5.74) is 2.04. The average Bonchev–Trinajstić information content (AvgIpc) is 2.91. The molecule has 0 radical (unpaired) electrons. The van der Waals surface area contributed by atoms with Gasteiger partial charge in [-0.05, 0) is 37.2 Å². The predicted molar refractivity (Wildman–Crippen MR) is 81.3 cm³/mol. The summed E-state index contributed by atoms with van der Waals surface area (Å²) in [6, 6.07) is 10.9. The molecule has 1 aromatic carbocycles. The van der Waals surface area contributed by atoms with E-state index in [1.165, 1.54) is 10.4 Å². The first kappa shape index (κ1) is 15.8. The van der Waals surface area contributed by atoms with Crippen molar-refractivity contribution in [1.82, 2.24) is 9.62 Å². The lowest BCUT2D eigenvalue weighted by Crippen LogP contribution is -2.26. The molecule has 0 unspecified atom stereocenters. The van der Waals surface area contributed by atoms with E-state index < -0.39 is 10.0 Å². The van der Waals surface area contributed by atoms with Gasteiger partial charge >= 0.3 is 0 Å². The Labute approximate surface area is 125 Å². The summed E-state index contributed by atoms with van der Waals surface area (Å²) in [4.78, 5) is 0. The van der Waals surface area contributed by atoms with E-state index in [-0.39, 0.29) is 5.09 Å². The van der Waals surface area contributed by atoms with Crippen LogP contribution in [0.25, 0.3) is 0 Å². The second kappa shape index (κ2) is 6.43. The Morgan fingerprint density at radius 3 is 2.57 bits per heavy atom. The molecule has 1 N–H and O–H groups in total. The molecule has 0 aliphatic heterocycles. The Kier molecular flexibility index (Phi) is 4.82. The first-order valence-corrected chi connectivity index (χ1v) is 8.13. The largest absolute Gasteiger partial charge is 0.447 e. The highest BCUT2D eigenvalue weighted by Crippen LogP contribution is 2.20. The fourth-order valence-corrected chi connectivity index (χ4v) is 3.10. The molecular formula is C15H20N2O3S. The molecule has 0 fully saturated rings. The highest BCUT2D eigenvalue weighted by molar-refractivity contribution is 7.88. The molecule has 1 heterocycles. The molecular weight excluding hydrogens is 288 g/mol. The predicted octanol–water partition coefficient (Wildman–Crippen LogP) is 2.13. The third kappa shape index (κ3) is 3.53. The van der Waals surface area contributed by atoms with Crippen LogP contribution < -0.4 is 5.32 Å². The van der Waals surface area contributed by atoms with Gasteiger partial charge < -0.3 is 9.73 Å². The van der Waals surface area contributed by atoms with Crippen molar-refractivity contribution in [2.24, 2.45) is 0 Å². The molecule has 114 valence electrons. The number of benzene rings is 1. The minimum atomic E-state index is -3.61. The Morgan fingerprint density at radius 1 is 1.19 bits per heavy atom. The van der Waals surface area contributed by atoms with Crippen LogP contribution in [0.2, 0.25) is 0 Å². The molecule has 0 saturated carbocycles. The summed E-state index contributed by atoms with van der Waals surface area (Å²) in [5.74, 6) is 0.598. The van der Waals surface area contributed by atoms with E-state index in [9.17, 15) is 8.42 Å². The molecule has 0 spiro atoms. The fraction of sp³-hybridized carbons (Fsp3) is 0.333. The number of sulfonamides is 1. The third-order valence-corrected chi connectivity index (χ3v) is 4.98. The monoisotopic (exact) mass is 308 g/mol. The van der Waals surface area contributed by atoms with Crippen molar-refractivity contribution in [2.75, 3.05) is 14.1 Å². The topological polar surface area (TPSA) is 62.6 Å². The summed E-state index contributed by atoms with van der Waals surface area (Å²) in [6.07, 6.45) is 0. The number of hydrogen-bond acceptors (Lipinski definition) is 4. The minimum absolute atomic E-state index is 0.0242. The Hall–Kier alpha value is -1.63. The van der Waals surface area contributed by atoms with Gasteiger partial charge in [0.1, 0.15) is 5.76 Å². The SMILES string of the molecule is CNCc1ccc(S(=O)(=O)N(C)Cc2ccccc2C)o1. The van der Waals surface area contributed by atoms with Crippen LogP contribution in [0.5, 0.6) is 0 Å². The van der Waals surface area contributed by atoms with E-state index >= 15 is 0 Å². The average molecular weight is 308 g/mol. The van der Waals surface area contributed by atoms with E-state index in [0.717, 1.165) is 11.1 Å². The van der Waals surface area contributed by atoms with Gasteiger partial charge in [-0.3, -0.25) is 0 Å². The highest BCUT2D eigenvalue weighted by Gasteiger charge is 2.24. The lowest BCUT2D eigenvalue weighted by molar-refractivity contribution is 0.382. The van der Waals surface area contributed by atoms with Crippen LogP contribution in [0.3, 0.4) is 0 Å². The molecule has 2 aromatic rings. The maximum absolute atomic E-state index is 12.5. The van der Waals surface area contributed by atoms with Crippen LogP contribution in [0, 0.1) is 6.92 Å². The van der Waals surface area contributed by atoms with Gasteiger partial charge in [0.25, 0.3) is 10.0 Å². The highest BCUT2D eigenvalue weighted by atomic mass is 32.2.